The third kappa shape index (κ3) is 5.50. The summed E-state index contributed by atoms with van der Waals surface area (Å²) in [6.07, 6.45) is -0.320. The number of benzene rings is 2. The van der Waals surface area contributed by atoms with Crippen molar-refractivity contribution < 1.29 is 23.9 Å². The average Bonchev–Trinajstić information content (AvgIpc) is 2.80. The number of para-hydroxylation sites is 1. The maximum Gasteiger partial charge on any atom is 0.410 e. The van der Waals surface area contributed by atoms with Gasteiger partial charge in [-0.3, -0.25) is 10.1 Å². The van der Waals surface area contributed by atoms with E-state index in [1.165, 1.54) is 6.07 Å². The summed E-state index contributed by atoms with van der Waals surface area (Å²) in [6.45, 7) is 10.4. The molecule has 200 valence electrons. The number of ether oxygens (including phenoxy) is 3. The van der Waals surface area contributed by atoms with Gasteiger partial charge >= 0.3 is 6.09 Å². The lowest BCUT2D eigenvalue weighted by Gasteiger charge is -2.40. The molecule has 0 bridgehead atoms. The fourth-order valence-electron chi connectivity index (χ4n) is 4.51. The number of hydrogen-bond acceptors (Lipinski definition) is 8. The van der Waals surface area contributed by atoms with Crippen LogP contribution in [-0.2, 0) is 9.47 Å². The number of anilines is 2. The Morgan fingerprint density at radius 3 is 2.63 bits per heavy atom. The molecular weight excluding hydrogens is 488 g/mol. The first kappa shape index (κ1) is 25.7. The molecule has 38 heavy (non-hydrogen) atoms. The van der Waals surface area contributed by atoms with Gasteiger partial charge in [-0.25, -0.2) is 9.78 Å². The highest BCUT2D eigenvalue weighted by Crippen LogP contribution is 2.36. The third-order valence-corrected chi connectivity index (χ3v) is 6.64. The molecule has 2 aliphatic heterocycles. The van der Waals surface area contributed by atoms with Gasteiger partial charge in [-0.1, -0.05) is 25.1 Å². The lowest BCUT2D eigenvalue weighted by atomic mass is 9.90. The molecule has 0 aliphatic carbocycles. The topological polar surface area (TPSA) is 116 Å². The number of fused-ring (bicyclic) bond motifs is 1. The molecule has 3 heterocycles. The maximum absolute atomic E-state index is 12.4. The maximum atomic E-state index is 12.4. The molecule has 0 spiro atoms. The number of amides is 1. The molecule has 10 heteroatoms. The molecule has 5 rings (SSSR count). The van der Waals surface area contributed by atoms with Crippen LogP contribution in [0, 0.1) is 15.5 Å². The van der Waals surface area contributed by atoms with Crippen molar-refractivity contribution in [3.05, 3.63) is 64.2 Å². The van der Waals surface area contributed by atoms with Gasteiger partial charge in [-0.15, -0.1) is 0 Å². The van der Waals surface area contributed by atoms with Crippen LogP contribution < -0.4 is 10.1 Å². The number of carbonyl (C=O) groups is 1. The van der Waals surface area contributed by atoms with Crippen molar-refractivity contribution in [1.82, 2.24) is 9.88 Å². The molecule has 0 unspecified atom stereocenters. The Labute approximate surface area is 221 Å². The highest BCUT2D eigenvalue weighted by Gasteiger charge is 2.36. The summed E-state index contributed by atoms with van der Waals surface area (Å²) in [6, 6.07) is 14.5. The zero-order valence-corrected chi connectivity index (χ0v) is 22.0. The molecule has 1 aromatic heterocycles. The molecular formula is C28H32N4O6. The van der Waals surface area contributed by atoms with Crippen molar-refractivity contribution in [2.24, 2.45) is 5.41 Å². The van der Waals surface area contributed by atoms with Gasteiger partial charge in [-0.05, 0) is 50.6 Å². The Morgan fingerprint density at radius 1 is 1.21 bits per heavy atom. The largest absolute Gasteiger partial charge is 0.493 e. The first-order valence-electron chi connectivity index (χ1n) is 12.6. The summed E-state index contributed by atoms with van der Waals surface area (Å²) in [4.78, 5) is 30.2. The molecule has 0 atom stereocenters. The monoisotopic (exact) mass is 520 g/mol. The Balaban J connectivity index is 1.33. The van der Waals surface area contributed by atoms with Gasteiger partial charge in [0.05, 0.1) is 36.3 Å². The number of nitrogens with one attached hydrogen (secondary N) is 1. The van der Waals surface area contributed by atoms with Crippen molar-refractivity contribution in [3.8, 4) is 5.75 Å². The summed E-state index contributed by atoms with van der Waals surface area (Å²) in [7, 11) is 0. The number of likely N-dealkylation sites (tertiary alicyclic amines) is 1. The van der Waals surface area contributed by atoms with Gasteiger partial charge in [0.1, 0.15) is 22.9 Å². The second-order valence-corrected chi connectivity index (χ2v) is 11.4. The normalized spacial score (nSPS) is 16.9. The van der Waals surface area contributed by atoms with Crippen LogP contribution in [-0.4, -0.2) is 59.4 Å². The van der Waals surface area contributed by atoms with Gasteiger partial charge in [0, 0.05) is 29.8 Å². The summed E-state index contributed by atoms with van der Waals surface area (Å²) in [5, 5.41) is 15.9. The number of nitro benzene ring substituents is 1. The highest BCUT2D eigenvalue weighted by molar-refractivity contribution is 5.85. The highest BCUT2D eigenvalue weighted by atomic mass is 16.6. The zero-order valence-electron chi connectivity index (χ0n) is 22.0. The van der Waals surface area contributed by atoms with E-state index in [1.54, 1.807) is 23.1 Å². The number of pyridine rings is 1. The zero-order chi connectivity index (χ0) is 27.1. The second-order valence-electron chi connectivity index (χ2n) is 11.4. The predicted molar refractivity (Wildman–Crippen MR) is 143 cm³/mol. The van der Waals surface area contributed by atoms with Crippen molar-refractivity contribution in [3.63, 3.8) is 0 Å². The summed E-state index contributed by atoms with van der Waals surface area (Å²) in [5.41, 5.74) is 1.44. The van der Waals surface area contributed by atoms with Gasteiger partial charge in [0.2, 0.25) is 0 Å². The molecule has 2 aromatic carbocycles. The Morgan fingerprint density at radius 2 is 1.97 bits per heavy atom. The Hall–Kier alpha value is -3.92. The average molecular weight is 521 g/mol. The molecule has 1 amide bonds. The third-order valence-electron chi connectivity index (χ3n) is 6.64. The van der Waals surface area contributed by atoms with Gasteiger partial charge in [-0.2, -0.15) is 0 Å². The van der Waals surface area contributed by atoms with Crippen LogP contribution in [0.5, 0.6) is 5.75 Å². The fraction of sp³-hybridized carbons (Fsp3) is 0.429. The minimum atomic E-state index is -0.541. The van der Waals surface area contributed by atoms with Crippen LogP contribution in [0.25, 0.3) is 10.9 Å². The predicted octanol–water partition coefficient (Wildman–Crippen LogP) is 5.64. The number of carbonyl (C=O) groups excluding carboxylic acids is 1. The minimum absolute atomic E-state index is 0.0667. The minimum Gasteiger partial charge on any atom is -0.493 e. The van der Waals surface area contributed by atoms with Crippen LogP contribution in [0.1, 0.15) is 39.2 Å². The summed E-state index contributed by atoms with van der Waals surface area (Å²) >= 11 is 0. The molecule has 2 aliphatic rings. The van der Waals surface area contributed by atoms with Crippen LogP contribution >= 0.6 is 0 Å². The fourth-order valence-corrected chi connectivity index (χ4v) is 4.51. The number of nitro groups is 1. The summed E-state index contributed by atoms with van der Waals surface area (Å²) in [5.74, 6) is 1.05. The Kier molecular flexibility index (Phi) is 6.60. The van der Waals surface area contributed by atoms with E-state index >= 15 is 0 Å². The quantitative estimate of drug-likeness (QED) is 0.314. The van der Waals surface area contributed by atoms with Crippen LogP contribution in [0.3, 0.4) is 0 Å². The first-order valence-corrected chi connectivity index (χ1v) is 12.6. The van der Waals surface area contributed by atoms with Crippen molar-refractivity contribution in [2.45, 2.75) is 39.2 Å². The van der Waals surface area contributed by atoms with E-state index < -0.39 is 10.5 Å². The van der Waals surface area contributed by atoms with Gasteiger partial charge in [0.15, 0.2) is 0 Å². The number of hydrogen-bond donors (Lipinski definition) is 1. The Bertz CT molecular complexity index is 1380. The van der Waals surface area contributed by atoms with Gasteiger partial charge < -0.3 is 24.4 Å². The van der Waals surface area contributed by atoms with E-state index in [2.05, 4.69) is 12.2 Å². The van der Waals surface area contributed by atoms with E-state index in [4.69, 9.17) is 19.2 Å². The van der Waals surface area contributed by atoms with E-state index in [-0.39, 0.29) is 23.1 Å². The molecule has 0 saturated carbocycles. The van der Waals surface area contributed by atoms with E-state index in [1.807, 2.05) is 45.0 Å². The lowest BCUT2D eigenvalue weighted by molar-refractivity contribution is -0.384. The smallest absolute Gasteiger partial charge is 0.410 e. The van der Waals surface area contributed by atoms with E-state index in [0.29, 0.717) is 50.2 Å². The second kappa shape index (κ2) is 9.75. The SMILES string of the molecule is CC1(COc2ccc(Nc3ccc4cccc(C5CN(C(=O)OC(C)(C)C)C5)c4n3)c([N+](=O)[O-])c2)COC1. The molecule has 10 nitrogen and oxygen atoms in total. The number of aromatic nitrogens is 1. The number of nitrogens with zero attached hydrogens (tertiary/aromatic N) is 3. The van der Waals surface area contributed by atoms with Gasteiger partial charge in [0.25, 0.3) is 5.69 Å². The lowest BCUT2D eigenvalue weighted by Crippen LogP contribution is -2.50. The van der Waals surface area contributed by atoms with Crippen LogP contribution in [0.15, 0.2) is 48.5 Å². The molecule has 0 radical (unpaired) electrons. The molecule has 2 saturated heterocycles. The van der Waals surface area contributed by atoms with Crippen molar-refractivity contribution >= 4 is 34.2 Å². The van der Waals surface area contributed by atoms with Crippen molar-refractivity contribution in [2.75, 3.05) is 38.2 Å². The first-order chi connectivity index (χ1) is 18.0. The standard InChI is InChI=1S/C28H32N4O6/c1-27(2,3)38-26(33)31-13-19(14-31)21-7-5-6-18-8-11-24(30-25(18)21)29-22-10-9-20(12-23(22)32(34)35)37-17-28(4)15-36-16-28/h5-12,19H,13-17H2,1-4H3,(H,29,30). The van der Waals surface area contributed by atoms with Crippen molar-refractivity contribution in [1.29, 1.82) is 0 Å². The van der Waals surface area contributed by atoms with E-state index in [0.717, 1.165) is 16.5 Å². The van der Waals surface area contributed by atoms with Crippen LogP contribution in [0.4, 0.5) is 22.0 Å². The summed E-state index contributed by atoms with van der Waals surface area (Å²) < 4.78 is 16.5. The molecule has 1 N–H and O–H groups in total. The number of rotatable bonds is 7. The molecule has 3 aromatic rings. The van der Waals surface area contributed by atoms with E-state index in [9.17, 15) is 14.9 Å². The van der Waals surface area contributed by atoms with Crippen LogP contribution in [0.2, 0.25) is 0 Å². The molecule has 2 fully saturated rings.